The first-order valence-electron chi connectivity index (χ1n) is 9.66. The number of esters is 1. The van der Waals surface area contributed by atoms with Crippen molar-refractivity contribution in [3.63, 3.8) is 0 Å². The first-order valence-corrected chi connectivity index (χ1v) is 9.66. The third-order valence-corrected chi connectivity index (χ3v) is 5.09. The number of carbonyl (C=O) groups is 3. The Morgan fingerprint density at radius 2 is 1.66 bits per heavy atom. The number of carbonyl (C=O) groups excluding carboxylic acids is 3. The van der Waals surface area contributed by atoms with Gasteiger partial charge in [0.1, 0.15) is 0 Å². The van der Waals surface area contributed by atoms with Gasteiger partial charge in [-0.05, 0) is 51.0 Å². The summed E-state index contributed by atoms with van der Waals surface area (Å²) >= 11 is 0. The molecule has 2 aromatic carbocycles. The van der Waals surface area contributed by atoms with Gasteiger partial charge in [-0.2, -0.15) is 0 Å². The molecule has 3 rings (SSSR count). The number of benzene rings is 2. The number of hydrogen-bond donors (Lipinski definition) is 1. The van der Waals surface area contributed by atoms with Gasteiger partial charge in [0, 0.05) is 24.3 Å². The fourth-order valence-corrected chi connectivity index (χ4v) is 3.65. The van der Waals surface area contributed by atoms with Crippen molar-refractivity contribution in [2.75, 3.05) is 23.4 Å². The van der Waals surface area contributed by atoms with Crippen molar-refractivity contribution in [1.29, 1.82) is 0 Å². The fourth-order valence-electron chi connectivity index (χ4n) is 3.65. The zero-order chi connectivity index (χ0) is 21.1. The lowest BCUT2D eigenvalue weighted by molar-refractivity contribution is -0.151. The molecule has 0 unspecified atom stereocenters. The Balaban J connectivity index is 1.55. The van der Waals surface area contributed by atoms with Crippen LogP contribution in [0.1, 0.15) is 28.7 Å². The summed E-state index contributed by atoms with van der Waals surface area (Å²) in [4.78, 5) is 38.5. The van der Waals surface area contributed by atoms with E-state index in [0.29, 0.717) is 0 Å². The highest BCUT2D eigenvalue weighted by molar-refractivity contribution is 6.00. The molecule has 1 aliphatic rings. The maximum Gasteiger partial charge on any atom is 0.311 e. The molecule has 1 saturated heterocycles. The lowest BCUT2D eigenvalue weighted by Crippen LogP contribution is -2.28. The normalized spacial score (nSPS) is 16.1. The molecule has 1 atom stereocenters. The van der Waals surface area contributed by atoms with E-state index in [4.69, 9.17) is 4.74 Å². The minimum atomic E-state index is -0.570. The summed E-state index contributed by atoms with van der Waals surface area (Å²) in [6, 6.07) is 11.5. The summed E-state index contributed by atoms with van der Waals surface area (Å²) < 4.78 is 5.19. The Kier molecular flexibility index (Phi) is 6.01. The van der Waals surface area contributed by atoms with Gasteiger partial charge in [0.2, 0.25) is 5.91 Å². The van der Waals surface area contributed by atoms with Crippen molar-refractivity contribution >= 4 is 29.2 Å². The van der Waals surface area contributed by atoms with E-state index in [2.05, 4.69) is 5.32 Å². The smallest absolute Gasteiger partial charge is 0.311 e. The Bertz CT molecular complexity index is 927. The highest BCUT2D eigenvalue weighted by atomic mass is 16.5. The van der Waals surface area contributed by atoms with E-state index in [1.54, 1.807) is 4.90 Å². The van der Waals surface area contributed by atoms with Gasteiger partial charge in [0.25, 0.3) is 5.91 Å². The van der Waals surface area contributed by atoms with Crippen molar-refractivity contribution in [2.45, 2.75) is 34.1 Å². The summed E-state index contributed by atoms with van der Waals surface area (Å²) in [7, 11) is 0. The molecular weight excluding hydrogens is 368 g/mol. The zero-order valence-corrected chi connectivity index (χ0v) is 17.2. The van der Waals surface area contributed by atoms with E-state index in [9.17, 15) is 14.4 Å². The van der Waals surface area contributed by atoms with Gasteiger partial charge in [-0.15, -0.1) is 0 Å². The van der Waals surface area contributed by atoms with Crippen molar-refractivity contribution in [3.8, 4) is 0 Å². The van der Waals surface area contributed by atoms with Crippen LogP contribution in [-0.4, -0.2) is 30.9 Å². The number of nitrogens with one attached hydrogen (secondary N) is 1. The molecule has 0 saturated carbocycles. The Labute approximate surface area is 170 Å². The first-order chi connectivity index (χ1) is 13.7. The van der Waals surface area contributed by atoms with Gasteiger partial charge >= 0.3 is 5.97 Å². The van der Waals surface area contributed by atoms with E-state index in [1.807, 2.05) is 64.1 Å². The quantitative estimate of drug-likeness (QED) is 0.788. The van der Waals surface area contributed by atoms with Crippen LogP contribution in [0.4, 0.5) is 11.4 Å². The number of rotatable bonds is 5. The number of anilines is 2. The maximum atomic E-state index is 12.4. The molecule has 29 heavy (non-hydrogen) atoms. The van der Waals surface area contributed by atoms with E-state index in [1.165, 1.54) is 0 Å². The van der Waals surface area contributed by atoms with Gasteiger partial charge in [-0.25, -0.2) is 0 Å². The van der Waals surface area contributed by atoms with Gasteiger partial charge < -0.3 is 15.0 Å². The molecule has 6 heteroatoms. The minimum Gasteiger partial charge on any atom is -0.455 e. The third kappa shape index (κ3) is 4.83. The Morgan fingerprint density at radius 3 is 2.28 bits per heavy atom. The van der Waals surface area contributed by atoms with Crippen LogP contribution >= 0.6 is 0 Å². The molecule has 1 aliphatic heterocycles. The molecule has 1 heterocycles. The Hall–Kier alpha value is -3.15. The van der Waals surface area contributed by atoms with E-state index in [-0.39, 0.29) is 25.5 Å². The van der Waals surface area contributed by atoms with Crippen LogP contribution < -0.4 is 10.2 Å². The number of hydrogen-bond acceptors (Lipinski definition) is 4. The summed E-state index contributed by atoms with van der Waals surface area (Å²) in [6.07, 6.45) is 0.0878. The predicted molar refractivity (Wildman–Crippen MR) is 112 cm³/mol. The monoisotopic (exact) mass is 394 g/mol. The minimum absolute atomic E-state index is 0.0878. The van der Waals surface area contributed by atoms with Gasteiger partial charge in [0.15, 0.2) is 6.61 Å². The first kappa shape index (κ1) is 20.6. The van der Waals surface area contributed by atoms with Crippen LogP contribution in [0, 0.1) is 33.6 Å². The molecule has 1 fully saturated rings. The van der Waals surface area contributed by atoms with E-state index < -0.39 is 17.8 Å². The highest BCUT2D eigenvalue weighted by Gasteiger charge is 2.36. The summed E-state index contributed by atoms with van der Waals surface area (Å²) in [6.45, 7) is 7.70. The average molecular weight is 394 g/mol. The molecule has 0 bridgehead atoms. The number of aryl methyl sites for hydroxylation is 4. The second-order valence-corrected chi connectivity index (χ2v) is 7.67. The predicted octanol–water partition coefficient (Wildman–Crippen LogP) is 3.46. The van der Waals surface area contributed by atoms with Crippen molar-refractivity contribution < 1.29 is 19.1 Å². The molecular formula is C23H26N2O4. The molecule has 0 aliphatic carbocycles. The molecule has 1 N–H and O–H groups in total. The lowest BCUT2D eigenvalue weighted by Gasteiger charge is -2.17. The molecule has 152 valence electrons. The highest BCUT2D eigenvalue weighted by Crippen LogP contribution is 2.26. The van der Waals surface area contributed by atoms with Crippen LogP contribution in [0.25, 0.3) is 0 Å². The van der Waals surface area contributed by atoms with Gasteiger partial charge in [0.05, 0.1) is 5.92 Å². The van der Waals surface area contributed by atoms with Crippen LogP contribution in [0.5, 0.6) is 0 Å². The molecule has 2 amide bonds. The van der Waals surface area contributed by atoms with Crippen molar-refractivity contribution in [3.05, 3.63) is 58.7 Å². The standard InChI is InChI=1S/C23H26N2O4/c1-14-5-7-19(8-6-14)25-12-18(11-21(25)27)23(28)29-13-20(26)24-22-16(3)9-15(2)10-17(22)4/h5-10,18H,11-13H2,1-4H3,(H,24,26)/t18-/m0/s1. The molecule has 0 radical (unpaired) electrons. The molecule has 6 nitrogen and oxygen atoms in total. The summed E-state index contributed by atoms with van der Waals surface area (Å²) in [5.74, 6) is -1.61. The van der Waals surface area contributed by atoms with Crippen molar-refractivity contribution in [1.82, 2.24) is 0 Å². The number of nitrogens with zero attached hydrogens (tertiary/aromatic N) is 1. The van der Waals surface area contributed by atoms with Gasteiger partial charge in [-0.3, -0.25) is 14.4 Å². The van der Waals surface area contributed by atoms with Crippen LogP contribution in [0.3, 0.4) is 0 Å². The zero-order valence-electron chi connectivity index (χ0n) is 17.2. The Morgan fingerprint density at radius 1 is 1.03 bits per heavy atom. The van der Waals surface area contributed by atoms with Crippen LogP contribution in [-0.2, 0) is 19.1 Å². The molecule has 0 aromatic heterocycles. The fraction of sp³-hybridized carbons (Fsp3) is 0.348. The van der Waals surface area contributed by atoms with E-state index in [0.717, 1.165) is 33.6 Å². The summed E-state index contributed by atoms with van der Waals surface area (Å²) in [5, 5.41) is 2.81. The second-order valence-electron chi connectivity index (χ2n) is 7.67. The second kappa shape index (κ2) is 8.47. The van der Waals surface area contributed by atoms with Gasteiger partial charge in [-0.1, -0.05) is 35.4 Å². The summed E-state index contributed by atoms with van der Waals surface area (Å²) in [5.41, 5.74) is 5.63. The van der Waals surface area contributed by atoms with E-state index >= 15 is 0 Å². The van der Waals surface area contributed by atoms with Crippen LogP contribution in [0.2, 0.25) is 0 Å². The third-order valence-electron chi connectivity index (χ3n) is 5.09. The largest absolute Gasteiger partial charge is 0.455 e. The maximum absolute atomic E-state index is 12.4. The van der Waals surface area contributed by atoms with Crippen LogP contribution in [0.15, 0.2) is 36.4 Å². The molecule has 0 spiro atoms. The van der Waals surface area contributed by atoms with Crippen molar-refractivity contribution in [2.24, 2.45) is 5.92 Å². The topological polar surface area (TPSA) is 75.7 Å². The number of ether oxygens (including phenoxy) is 1. The SMILES string of the molecule is Cc1ccc(N2C[C@@H](C(=O)OCC(=O)Nc3c(C)cc(C)cc3C)CC2=O)cc1. The average Bonchev–Trinajstić information content (AvgIpc) is 3.05. The lowest BCUT2D eigenvalue weighted by atomic mass is 10.1. The molecule has 2 aromatic rings. The number of amides is 2.